The van der Waals surface area contributed by atoms with Crippen LogP contribution in [0, 0.1) is 0 Å². The average molecular weight is 110 g/mol. The van der Waals surface area contributed by atoms with E-state index < -0.39 is 0 Å². The SMILES string of the molecule is C=CN=N/C(C)=C\C. The van der Waals surface area contributed by atoms with Gasteiger partial charge in [-0.2, -0.15) is 10.2 Å². The molecule has 2 nitrogen and oxygen atoms in total. The van der Waals surface area contributed by atoms with Gasteiger partial charge in [0.15, 0.2) is 0 Å². The van der Waals surface area contributed by atoms with Crippen molar-refractivity contribution in [3.05, 3.63) is 24.6 Å². The molecule has 0 unspecified atom stereocenters. The van der Waals surface area contributed by atoms with Gasteiger partial charge < -0.3 is 0 Å². The molecule has 0 aliphatic rings. The van der Waals surface area contributed by atoms with Crippen LogP contribution in [0.5, 0.6) is 0 Å². The predicted octanol–water partition coefficient (Wildman–Crippen LogP) is 2.51. The van der Waals surface area contributed by atoms with Gasteiger partial charge in [-0.3, -0.25) is 0 Å². The van der Waals surface area contributed by atoms with E-state index in [-0.39, 0.29) is 0 Å². The van der Waals surface area contributed by atoms with Crippen LogP contribution >= 0.6 is 0 Å². The molecule has 44 valence electrons. The molecule has 0 saturated heterocycles. The van der Waals surface area contributed by atoms with Crippen molar-refractivity contribution >= 4 is 0 Å². The molecule has 0 aromatic rings. The van der Waals surface area contributed by atoms with Gasteiger partial charge in [0.05, 0.1) is 5.70 Å². The topological polar surface area (TPSA) is 24.7 Å². The third-order valence-corrected chi connectivity index (χ3v) is 0.715. The number of rotatable bonds is 2. The van der Waals surface area contributed by atoms with Crippen molar-refractivity contribution in [1.82, 2.24) is 0 Å². The lowest BCUT2D eigenvalue weighted by molar-refractivity contribution is 1.12. The Morgan fingerprint density at radius 1 is 1.62 bits per heavy atom. The summed E-state index contributed by atoms with van der Waals surface area (Å²) in [6, 6.07) is 0. The van der Waals surface area contributed by atoms with Gasteiger partial charge in [0.2, 0.25) is 0 Å². The molecule has 0 bridgehead atoms. The maximum absolute atomic E-state index is 3.73. The Hall–Kier alpha value is -0.920. The molecule has 0 atom stereocenters. The van der Waals surface area contributed by atoms with Crippen molar-refractivity contribution in [3.63, 3.8) is 0 Å². The minimum atomic E-state index is 0.907. The molecule has 0 radical (unpaired) electrons. The van der Waals surface area contributed by atoms with E-state index in [2.05, 4.69) is 16.8 Å². The van der Waals surface area contributed by atoms with Gasteiger partial charge in [-0.25, -0.2) is 0 Å². The van der Waals surface area contributed by atoms with Crippen LogP contribution in [0.1, 0.15) is 13.8 Å². The van der Waals surface area contributed by atoms with Gasteiger partial charge in [-0.1, -0.05) is 12.7 Å². The second-order valence-corrected chi connectivity index (χ2v) is 1.33. The summed E-state index contributed by atoms with van der Waals surface area (Å²) in [4.78, 5) is 0. The zero-order chi connectivity index (χ0) is 6.41. The first-order valence-corrected chi connectivity index (χ1v) is 2.46. The van der Waals surface area contributed by atoms with E-state index in [4.69, 9.17) is 0 Å². The molecule has 0 N–H and O–H groups in total. The Balaban J connectivity index is 3.69. The minimum absolute atomic E-state index is 0.907. The van der Waals surface area contributed by atoms with Crippen LogP contribution in [-0.4, -0.2) is 0 Å². The quantitative estimate of drug-likeness (QED) is 0.488. The summed E-state index contributed by atoms with van der Waals surface area (Å²) >= 11 is 0. The molecule has 0 rings (SSSR count). The second kappa shape index (κ2) is 4.24. The molecule has 0 aromatic heterocycles. The molecular weight excluding hydrogens is 100 g/mol. The molecule has 0 aromatic carbocycles. The van der Waals surface area contributed by atoms with Crippen LogP contribution in [-0.2, 0) is 0 Å². The van der Waals surface area contributed by atoms with Crippen molar-refractivity contribution in [2.45, 2.75) is 13.8 Å². The van der Waals surface area contributed by atoms with Gasteiger partial charge in [-0.05, 0) is 13.8 Å². The molecule has 0 fully saturated rings. The first-order valence-electron chi connectivity index (χ1n) is 2.46. The van der Waals surface area contributed by atoms with E-state index in [1.807, 2.05) is 19.9 Å². The van der Waals surface area contributed by atoms with E-state index in [1.54, 1.807) is 0 Å². The molecule has 2 heteroatoms. The molecule has 0 amide bonds. The van der Waals surface area contributed by atoms with Gasteiger partial charge >= 0.3 is 0 Å². The third kappa shape index (κ3) is 3.28. The predicted molar refractivity (Wildman–Crippen MR) is 34.5 cm³/mol. The smallest absolute Gasteiger partial charge is 0.0557 e. The van der Waals surface area contributed by atoms with Crippen LogP contribution in [0.15, 0.2) is 34.8 Å². The molecule has 0 aliphatic heterocycles. The van der Waals surface area contributed by atoms with Crippen molar-refractivity contribution < 1.29 is 0 Å². The van der Waals surface area contributed by atoms with Crippen molar-refractivity contribution in [3.8, 4) is 0 Å². The summed E-state index contributed by atoms with van der Waals surface area (Å²) in [5.74, 6) is 0. The summed E-state index contributed by atoms with van der Waals surface area (Å²) in [6.07, 6.45) is 3.29. The molecule has 0 aliphatic carbocycles. The Kier molecular flexibility index (Phi) is 3.76. The lowest BCUT2D eigenvalue weighted by Gasteiger charge is -1.80. The second-order valence-electron chi connectivity index (χ2n) is 1.33. The van der Waals surface area contributed by atoms with E-state index in [1.165, 1.54) is 6.20 Å². The van der Waals surface area contributed by atoms with Crippen molar-refractivity contribution in [1.29, 1.82) is 0 Å². The van der Waals surface area contributed by atoms with E-state index in [9.17, 15) is 0 Å². The van der Waals surface area contributed by atoms with Crippen LogP contribution in [0.4, 0.5) is 0 Å². The average Bonchev–Trinajstić information content (AvgIpc) is 1.83. The van der Waals surface area contributed by atoms with E-state index in [0.717, 1.165) is 5.70 Å². The Morgan fingerprint density at radius 2 is 2.25 bits per heavy atom. The lowest BCUT2D eigenvalue weighted by atomic mass is 10.5. The number of allylic oxidation sites excluding steroid dienone is 2. The highest BCUT2D eigenvalue weighted by atomic mass is 15.1. The first-order chi connectivity index (χ1) is 3.81. The largest absolute Gasteiger partial charge is 0.160 e. The Labute approximate surface area is 49.6 Å². The molecular formula is C6H10N2. The van der Waals surface area contributed by atoms with Crippen LogP contribution in [0.3, 0.4) is 0 Å². The zero-order valence-electron chi connectivity index (χ0n) is 5.26. The van der Waals surface area contributed by atoms with Crippen molar-refractivity contribution in [2.24, 2.45) is 10.2 Å². The first kappa shape index (κ1) is 7.08. The van der Waals surface area contributed by atoms with Crippen LogP contribution in [0.2, 0.25) is 0 Å². The molecule has 0 saturated carbocycles. The summed E-state index contributed by atoms with van der Waals surface area (Å²) in [6.45, 7) is 7.18. The molecule has 0 heterocycles. The standard InChI is InChI=1S/C6H10N2/c1-4-6(3)8-7-5-2/h4-5H,2H2,1,3H3/b6-4-,8-7?. The Morgan fingerprint density at radius 3 is 2.62 bits per heavy atom. The third-order valence-electron chi connectivity index (χ3n) is 0.715. The minimum Gasteiger partial charge on any atom is -0.160 e. The van der Waals surface area contributed by atoms with Gasteiger partial charge in [0, 0.05) is 6.20 Å². The summed E-state index contributed by atoms with van der Waals surface area (Å²) in [5.41, 5.74) is 0.907. The number of hydrogen-bond acceptors (Lipinski definition) is 2. The summed E-state index contributed by atoms with van der Waals surface area (Å²) in [7, 11) is 0. The maximum Gasteiger partial charge on any atom is 0.0557 e. The fourth-order valence-corrected chi connectivity index (χ4v) is 0.190. The normalized spacial score (nSPS) is 12.5. The molecule has 0 spiro atoms. The Bertz CT molecular complexity index is 122. The highest BCUT2D eigenvalue weighted by Crippen LogP contribution is 1.93. The zero-order valence-corrected chi connectivity index (χ0v) is 5.26. The monoisotopic (exact) mass is 110 g/mol. The van der Waals surface area contributed by atoms with Crippen LogP contribution in [0.25, 0.3) is 0 Å². The van der Waals surface area contributed by atoms with Gasteiger partial charge in [0.1, 0.15) is 0 Å². The highest BCUT2D eigenvalue weighted by Gasteiger charge is 1.73. The van der Waals surface area contributed by atoms with E-state index in [0.29, 0.717) is 0 Å². The van der Waals surface area contributed by atoms with Gasteiger partial charge in [-0.15, -0.1) is 0 Å². The van der Waals surface area contributed by atoms with Gasteiger partial charge in [0.25, 0.3) is 0 Å². The fourth-order valence-electron chi connectivity index (χ4n) is 0.190. The summed E-state index contributed by atoms with van der Waals surface area (Å²) < 4.78 is 0. The van der Waals surface area contributed by atoms with E-state index >= 15 is 0 Å². The maximum atomic E-state index is 3.73. The number of nitrogens with zero attached hydrogens (tertiary/aromatic N) is 2. The van der Waals surface area contributed by atoms with Crippen molar-refractivity contribution in [2.75, 3.05) is 0 Å². The van der Waals surface area contributed by atoms with Crippen LogP contribution < -0.4 is 0 Å². The highest BCUT2D eigenvalue weighted by molar-refractivity contribution is 4.91. The lowest BCUT2D eigenvalue weighted by Crippen LogP contribution is -1.60. The molecule has 8 heavy (non-hydrogen) atoms. The number of azo groups is 1. The summed E-state index contributed by atoms with van der Waals surface area (Å²) in [5, 5.41) is 7.29. The fraction of sp³-hybridized carbons (Fsp3) is 0.333. The number of hydrogen-bond donors (Lipinski definition) is 0.